The maximum Gasteiger partial charge on any atom is 0.125 e. The van der Waals surface area contributed by atoms with Gasteiger partial charge in [-0.05, 0) is 135 Å². The van der Waals surface area contributed by atoms with Gasteiger partial charge in [-0.1, -0.05) is 156 Å². The van der Waals surface area contributed by atoms with E-state index >= 15 is 0 Å². The van der Waals surface area contributed by atoms with Crippen LogP contribution in [-0.4, -0.2) is 9.97 Å². The van der Waals surface area contributed by atoms with Gasteiger partial charge in [0.2, 0.25) is 0 Å². The Balaban J connectivity index is 0.000000155. The maximum absolute atomic E-state index is 7.79. The number of anilines is 11. The molecule has 6 nitrogen and oxygen atoms in total. The Kier molecular flexibility index (Phi) is 13.9. The Labute approximate surface area is 469 Å². The zero-order valence-electron chi connectivity index (χ0n) is 45.9. The summed E-state index contributed by atoms with van der Waals surface area (Å²) in [5, 5.41) is 10.4. The summed E-state index contributed by atoms with van der Waals surface area (Å²) in [6.07, 6.45) is 0. The largest absolute Gasteiger partial charge is 0.356 e. The van der Waals surface area contributed by atoms with Crippen LogP contribution in [0.3, 0.4) is 0 Å². The van der Waals surface area contributed by atoms with E-state index in [-0.39, 0.29) is 11.4 Å². The van der Waals surface area contributed by atoms with Crippen LogP contribution in [0.2, 0.25) is 15.1 Å². The molecule has 0 amide bonds. The summed E-state index contributed by atoms with van der Waals surface area (Å²) in [7, 11) is 0. The van der Waals surface area contributed by atoms with Crippen molar-refractivity contribution in [1.82, 2.24) is 9.97 Å². The maximum atomic E-state index is 7.79. The minimum absolute atomic E-state index is 0.0837. The van der Waals surface area contributed by atoms with Crippen LogP contribution in [0.5, 0.6) is 0 Å². The molecule has 0 aliphatic rings. The second kappa shape index (κ2) is 23.9. The normalized spacial score (nSPS) is 12.3. The molecular weight excluding hydrogens is 1020 g/mol. The molecule has 0 aliphatic heterocycles. The number of thiophene rings is 2. The Hall–Kier alpha value is -7.95. The van der Waals surface area contributed by atoms with Gasteiger partial charge in [-0.2, -0.15) is 0 Å². The van der Waals surface area contributed by atoms with Gasteiger partial charge < -0.3 is 20.0 Å². The lowest BCUT2D eigenvalue weighted by Gasteiger charge is -2.30. The van der Waals surface area contributed by atoms with Gasteiger partial charge in [0.05, 0.1) is 43.5 Å². The van der Waals surface area contributed by atoms with Gasteiger partial charge in [-0.25, -0.2) is 9.97 Å². The lowest BCUT2D eigenvalue weighted by Crippen LogP contribution is -2.14. The molecule has 4 heterocycles. The summed E-state index contributed by atoms with van der Waals surface area (Å²) in [6.45, 7) is -4.51. The van der Waals surface area contributed by atoms with Crippen LogP contribution in [0.15, 0.2) is 253 Å². The van der Waals surface area contributed by atoms with Crippen LogP contribution >= 0.6 is 57.5 Å². The summed E-state index contributed by atoms with van der Waals surface area (Å²) >= 11 is 22.9. The van der Waals surface area contributed by atoms with Crippen molar-refractivity contribution >= 4 is 140 Å². The first-order valence-electron chi connectivity index (χ1n) is 26.7. The third-order valence-electron chi connectivity index (χ3n) is 11.8. The van der Waals surface area contributed by atoms with Crippen LogP contribution < -0.4 is 20.0 Å². The van der Waals surface area contributed by atoms with Gasteiger partial charge in [-0.3, -0.25) is 0 Å². The first-order chi connectivity index (χ1) is 39.2. The van der Waals surface area contributed by atoms with Gasteiger partial charge in [0, 0.05) is 75.3 Å². The van der Waals surface area contributed by atoms with E-state index in [9.17, 15) is 0 Å². The molecule has 0 saturated carbocycles. The van der Waals surface area contributed by atoms with E-state index in [2.05, 4.69) is 49.4 Å². The zero-order chi connectivity index (χ0) is 56.5. The van der Waals surface area contributed by atoms with E-state index in [1.807, 2.05) is 210 Å². The monoisotopic (exact) mass is 1080 g/mol. The molecule has 0 aliphatic carbocycles. The molecule has 0 atom stereocenters. The molecule has 0 fully saturated rings. The Morgan fingerprint density at radius 3 is 1.11 bits per heavy atom. The van der Waals surface area contributed by atoms with Gasteiger partial charge >= 0.3 is 0 Å². The molecule has 0 saturated heterocycles. The zero-order valence-corrected chi connectivity index (χ0v) is 43.8. The smallest absolute Gasteiger partial charge is 0.125 e. The number of nitrogens with one attached hydrogen (secondary N) is 1. The van der Waals surface area contributed by atoms with Gasteiger partial charge in [0.15, 0.2) is 0 Å². The number of halogens is 3. The van der Waals surface area contributed by atoms with E-state index in [0.29, 0.717) is 24.7 Å². The highest BCUT2D eigenvalue weighted by Crippen LogP contribution is 2.49. The van der Waals surface area contributed by atoms with Crippen LogP contribution in [0.1, 0.15) is 19.6 Å². The van der Waals surface area contributed by atoms with E-state index in [0.717, 1.165) is 73.3 Å². The molecule has 8 aromatic carbocycles. The SMILES string of the molecule is [2H]C([2H])([2H])c1ccc2c(N(c3ccccc3)c3cccc(Cl)c3Cl)csc2n1.[2H]C([2H])([2H])c1ccc2c(N(c3ccccc3)c3cccc(N(c4ccccc4)c4ccccc4)c3Cl)csc2n1.c1ccc(Nc2ccccc2)cc1. The topological polar surface area (TPSA) is 47.5 Å². The predicted octanol–water partition coefficient (Wildman–Crippen LogP) is 21.0. The molecule has 1 N–H and O–H groups in total. The molecular formula is C64H49Cl3N6S2. The number of pyridine rings is 2. The number of rotatable bonds is 11. The van der Waals surface area contributed by atoms with Crippen LogP contribution in [0, 0.1) is 13.7 Å². The molecule has 368 valence electrons. The van der Waals surface area contributed by atoms with Crippen molar-refractivity contribution in [3.8, 4) is 0 Å². The summed E-state index contributed by atoms with van der Waals surface area (Å²) in [6, 6.07) is 78.6. The van der Waals surface area contributed by atoms with Crippen molar-refractivity contribution in [2.24, 2.45) is 0 Å². The fourth-order valence-corrected chi connectivity index (χ4v) is 10.9. The molecule has 0 unspecified atom stereocenters. The third-order valence-corrected chi connectivity index (χ3v) is 14.8. The quantitative estimate of drug-likeness (QED) is 0.139. The highest BCUT2D eigenvalue weighted by atomic mass is 35.5. The summed E-state index contributed by atoms with van der Waals surface area (Å²) < 4.78 is 46.1. The molecule has 12 aromatic rings. The Morgan fingerprint density at radius 1 is 0.360 bits per heavy atom. The number of hydrogen-bond acceptors (Lipinski definition) is 8. The van der Waals surface area contributed by atoms with Crippen molar-refractivity contribution in [1.29, 1.82) is 0 Å². The first kappa shape index (κ1) is 43.4. The van der Waals surface area contributed by atoms with Crippen LogP contribution in [0.4, 0.5) is 62.6 Å². The summed E-state index contributed by atoms with van der Waals surface area (Å²) in [5.74, 6) is 0. The van der Waals surface area contributed by atoms with Gasteiger partial charge in [-0.15, -0.1) is 22.7 Å². The lowest BCUT2D eigenvalue weighted by molar-refractivity contribution is 1.25. The van der Waals surface area contributed by atoms with E-state index < -0.39 is 13.7 Å². The standard InChI is InChI=1S/C32H24ClN3S.C20H14Cl2N2S.C12H11N/c1-23-20-21-27-30(22-37-32(27)34-23)36(26-16-9-4-10-17-26)29-19-11-18-28(31(29)33)35(24-12-5-2-6-13-24)25-14-7-3-8-15-25;1-13-10-11-15-18(12-25-20(15)23-13)24(14-6-3-2-4-7-14)17-9-5-8-16(21)19(17)22;1-3-7-11(8-4-1)13-12-9-5-2-6-10-12/h2-22H,1H3;2-12H,1H3;1-10,13H/i2*1D3;. The Morgan fingerprint density at radius 2 is 0.707 bits per heavy atom. The number of aryl methyl sites for hydroxylation is 2. The fraction of sp³-hybridized carbons (Fsp3) is 0.0312. The minimum atomic E-state index is -2.27. The molecule has 0 bridgehead atoms. The van der Waals surface area contributed by atoms with Crippen molar-refractivity contribution in [2.75, 3.05) is 20.0 Å². The molecule has 11 heteroatoms. The van der Waals surface area contributed by atoms with E-state index in [4.69, 9.17) is 43.0 Å². The average Bonchev–Trinajstić information content (AvgIpc) is 4.28. The number of nitrogens with zero attached hydrogens (tertiary/aromatic N) is 5. The average molecular weight is 1080 g/mol. The molecule has 12 rings (SSSR count). The molecule has 4 aromatic heterocycles. The van der Waals surface area contributed by atoms with Crippen molar-refractivity contribution in [3.63, 3.8) is 0 Å². The number of benzene rings is 8. The van der Waals surface area contributed by atoms with E-state index in [1.54, 1.807) is 24.3 Å². The lowest BCUT2D eigenvalue weighted by atomic mass is 10.1. The second-order valence-corrected chi connectivity index (χ2v) is 19.6. The van der Waals surface area contributed by atoms with Gasteiger partial charge in [0.25, 0.3) is 0 Å². The second-order valence-electron chi connectivity index (χ2n) is 16.7. The van der Waals surface area contributed by atoms with Crippen LogP contribution in [-0.2, 0) is 0 Å². The minimum Gasteiger partial charge on any atom is -0.356 e. The molecule has 75 heavy (non-hydrogen) atoms. The summed E-state index contributed by atoms with van der Waals surface area (Å²) in [5.41, 5.74) is 10.3. The molecule has 0 radical (unpaired) electrons. The van der Waals surface area contributed by atoms with Crippen molar-refractivity contribution in [3.05, 3.63) is 280 Å². The Bertz CT molecular complexity index is 3930. The van der Waals surface area contributed by atoms with Crippen molar-refractivity contribution < 1.29 is 8.22 Å². The number of hydrogen-bond donors (Lipinski definition) is 1. The highest BCUT2D eigenvalue weighted by Gasteiger charge is 2.24. The summed E-state index contributed by atoms with van der Waals surface area (Å²) in [4.78, 5) is 16.4. The first-order valence-corrected chi connectivity index (χ1v) is 26.6. The number of fused-ring (bicyclic) bond motifs is 2. The molecule has 0 spiro atoms. The number of para-hydroxylation sites is 6. The van der Waals surface area contributed by atoms with Crippen LogP contribution in [0.25, 0.3) is 20.4 Å². The number of aromatic nitrogens is 2. The predicted molar refractivity (Wildman–Crippen MR) is 324 cm³/mol. The van der Waals surface area contributed by atoms with E-state index in [1.165, 1.54) is 22.7 Å². The highest BCUT2D eigenvalue weighted by molar-refractivity contribution is 7.17. The van der Waals surface area contributed by atoms with Gasteiger partial charge in [0.1, 0.15) is 9.66 Å². The van der Waals surface area contributed by atoms with Crippen molar-refractivity contribution in [2.45, 2.75) is 13.7 Å². The third kappa shape index (κ3) is 11.7. The fourth-order valence-electron chi connectivity index (χ4n) is 8.43.